The molecule has 0 aromatic heterocycles. The zero-order valence-electron chi connectivity index (χ0n) is 8.02. The molecule has 13 heavy (non-hydrogen) atoms. The average Bonchev–Trinajstić information content (AvgIpc) is 1.81. The van der Waals surface area contributed by atoms with Crippen LogP contribution in [-0.2, 0) is 14.8 Å². The van der Waals surface area contributed by atoms with E-state index < -0.39 is 15.9 Å². The van der Waals surface area contributed by atoms with E-state index in [1.54, 1.807) is 19.0 Å². The third-order valence-electron chi connectivity index (χ3n) is 1.24. The van der Waals surface area contributed by atoms with Crippen molar-refractivity contribution in [3.63, 3.8) is 0 Å². The van der Waals surface area contributed by atoms with Gasteiger partial charge < -0.3 is 5.73 Å². The van der Waals surface area contributed by atoms with Crippen LogP contribution in [-0.4, -0.2) is 57.1 Å². The Kier molecular flexibility index (Phi) is 4.31. The first kappa shape index (κ1) is 12.3. The monoisotopic (exact) mass is 209 g/mol. The molecule has 0 aliphatic heterocycles. The van der Waals surface area contributed by atoms with Crippen molar-refractivity contribution in [1.29, 1.82) is 0 Å². The van der Waals surface area contributed by atoms with Gasteiger partial charge in [0.25, 0.3) is 0 Å². The summed E-state index contributed by atoms with van der Waals surface area (Å²) in [6, 6.07) is 0. The van der Waals surface area contributed by atoms with E-state index in [-0.39, 0.29) is 13.2 Å². The third kappa shape index (κ3) is 5.56. The van der Waals surface area contributed by atoms with Crippen molar-refractivity contribution >= 4 is 15.9 Å². The van der Waals surface area contributed by atoms with Crippen LogP contribution in [0.5, 0.6) is 0 Å². The summed E-state index contributed by atoms with van der Waals surface area (Å²) in [7, 11) is 0.0508. The first-order valence-corrected chi connectivity index (χ1v) is 5.46. The number of hydrogen-bond acceptors (Lipinski definition) is 4. The van der Waals surface area contributed by atoms with Crippen molar-refractivity contribution in [3.8, 4) is 0 Å². The number of nitrogens with zero attached hydrogens (tertiary/aromatic N) is 2. The summed E-state index contributed by atoms with van der Waals surface area (Å²) < 4.78 is 23.2. The Hall–Kier alpha value is -0.660. The van der Waals surface area contributed by atoms with Crippen LogP contribution in [0, 0.1) is 0 Å². The maximum atomic E-state index is 11.1. The van der Waals surface area contributed by atoms with E-state index in [0.29, 0.717) is 0 Å². The number of sulfonamides is 1. The highest BCUT2D eigenvalue weighted by Gasteiger charge is 2.18. The fourth-order valence-electron chi connectivity index (χ4n) is 0.761. The molecule has 7 heteroatoms. The zero-order chi connectivity index (χ0) is 10.6. The molecule has 1 amide bonds. The summed E-state index contributed by atoms with van der Waals surface area (Å²) in [5.74, 6) is -0.660. The molecule has 0 atom stereocenters. The lowest BCUT2D eigenvalue weighted by molar-refractivity contribution is -0.118. The summed E-state index contributed by atoms with van der Waals surface area (Å²) in [6.45, 7) is -0.126. The van der Waals surface area contributed by atoms with Crippen LogP contribution < -0.4 is 5.73 Å². The normalized spacial score (nSPS) is 12.4. The Bertz CT molecular complexity index is 273. The van der Waals surface area contributed by atoms with E-state index in [2.05, 4.69) is 0 Å². The number of primary amides is 1. The van der Waals surface area contributed by atoms with Gasteiger partial charge in [0.05, 0.1) is 19.5 Å². The second-order valence-corrected chi connectivity index (χ2v) is 5.04. The van der Waals surface area contributed by atoms with Crippen molar-refractivity contribution in [2.24, 2.45) is 5.73 Å². The van der Waals surface area contributed by atoms with Gasteiger partial charge in [-0.3, -0.25) is 9.69 Å². The molecule has 0 aromatic rings. The minimum atomic E-state index is -3.36. The summed E-state index contributed by atoms with van der Waals surface area (Å²) >= 11 is 0. The smallest absolute Gasteiger partial charge is 0.232 e. The Morgan fingerprint density at radius 1 is 1.38 bits per heavy atom. The zero-order valence-corrected chi connectivity index (χ0v) is 8.84. The van der Waals surface area contributed by atoms with Gasteiger partial charge >= 0.3 is 0 Å². The maximum absolute atomic E-state index is 11.1. The lowest BCUT2D eigenvalue weighted by Gasteiger charge is -2.21. The van der Waals surface area contributed by atoms with Crippen molar-refractivity contribution in [3.05, 3.63) is 0 Å². The highest BCUT2D eigenvalue weighted by Crippen LogP contribution is 1.97. The van der Waals surface area contributed by atoms with Gasteiger partial charge in [-0.2, -0.15) is 4.31 Å². The van der Waals surface area contributed by atoms with E-state index in [4.69, 9.17) is 5.73 Å². The van der Waals surface area contributed by atoms with E-state index in [1.165, 1.54) is 0 Å². The highest BCUT2D eigenvalue weighted by molar-refractivity contribution is 7.88. The van der Waals surface area contributed by atoms with Crippen molar-refractivity contribution in [2.45, 2.75) is 0 Å². The molecule has 0 aliphatic rings. The summed E-state index contributed by atoms with van der Waals surface area (Å²) in [5, 5.41) is 0. The van der Waals surface area contributed by atoms with Crippen LogP contribution in [0.1, 0.15) is 0 Å². The molecule has 0 aliphatic carbocycles. The SMILES string of the molecule is CN(C)CN(CC(N)=O)S(C)(=O)=O. The predicted octanol–water partition coefficient (Wildman–Crippen LogP) is -1.75. The van der Waals surface area contributed by atoms with Gasteiger partial charge in [0, 0.05) is 0 Å². The molecule has 0 saturated carbocycles. The molecular formula is C6H15N3O3S. The van der Waals surface area contributed by atoms with Gasteiger partial charge in [-0.1, -0.05) is 0 Å². The molecule has 0 unspecified atom stereocenters. The molecule has 6 nitrogen and oxygen atoms in total. The maximum Gasteiger partial charge on any atom is 0.232 e. The molecule has 0 heterocycles. The van der Waals surface area contributed by atoms with E-state index in [9.17, 15) is 13.2 Å². The van der Waals surface area contributed by atoms with Gasteiger partial charge in [0.1, 0.15) is 0 Å². The molecule has 0 fully saturated rings. The lowest BCUT2D eigenvalue weighted by Crippen LogP contribution is -2.42. The van der Waals surface area contributed by atoms with E-state index >= 15 is 0 Å². The molecular weight excluding hydrogens is 194 g/mol. The quantitative estimate of drug-likeness (QED) is 0.544. The third-order valence-corrected chi connectivity index (χ3v) is 2.42. The Morgan fingerprint density at radius 3 is 2.08 bits per heavy atom. The molecule has 0 saturated heterocycles. The van der Waals surface area contributed by atoms with Crippen molar-refractivity contribution in [1.82, 2.24) is 9.21 Å². The Balaban J connectivity index is 4.47. The van der Waals surface area contributed by atoms with Gasteiger partial charge in [-0.25, -0.2) is 8.42 Å². The van der Waals surface area contributed by atoms with Crippen LogP contribution in [0.25, 0.3) is 0 Å². The molecule has 78 valence electrons. The van der Waals surface area contributed by atoms with Gasteiger partial charge in [0.15, 0.2) is 0 Å². The van der Waals surface area contributed by atoms with Crippen LogP contribution in [0.2, 0.25) is 0 Å². The van der Waals surface area contributed by atoms with Crippen LogP contribution in [0.3, 0.4) is 0 Å². The van der Waals surface area contributed by atoms with Gasteiger partial charge in [-0.05, 0) is 14.1 Å². The largest absolute Gasteiger partial charge is 0.369 e. The molecule has 0 bridgehead atoms. The number of rotatable bonds is 5. The minimum absolute atomic E-state index is 0.155. The number of nitrogens with two attached hydrogens (primary N) is 1. The van der Waals surface area contributed by atoms with Crippen molar-refractivity contribution < 1.29 is 13.2 Å². The predicted molar refractivity (Wildman–Crippen MR) is 49.3 cm³/mol. The van der Waals surface area contributed by atoms with Crippen LogP contribution in [0.15, 0.2) is 0 Å². The summed E-state index contributed by atoms with van der Waals surface area (Å²) in [5.41, 5.74) is 4.90. The Morgan fingerprint density at radius 2 is 1.85 bits per heavy atom. The standard InChI is InChI=1S/C6H15N3O3S/c1-8(2)5-9(4-6(7)10)13(3,11)12/h4-5H2,1-3H3,(H2,7,10). The van der Waals surface area contributed by atoms with E-state index in [0.717, 1.165) is 10.6 Å². The second-order valence-electron chi connectivity index (χ2n) is 3.06. The second kappa shape index (κ2) is 4.54. The van der Waals surface area contributed by atoms with Crippen LogP contribution in [0.4, 0.5) is 0 Å². The average molecular weight is 209 g/mol. The first-order valence-electron chi connectivity index (χ1n) is 3.61. The highest BCUT2D eigenvalue weighted by atomic mass is 32.2. The fourth-order valence-corrected chi connectivity index (χ4v) is 1.56. The molecule has 0 rings (SSSR count). The van der Waals surface area contributed by atoms with Crippen molar-refractivity contribution in [2.75, 3.05) is 33.6 Å². The number of amides is 1. The topological polar surface area (TPSA) is 83.7 Å². The summed E-state index contributed by atoms with van der Waals surface area (Å²) in [6.07, 6.45) is 1.04. The fraction of sp³-hybridized carbons (Fsp3) is 0.833. The molecule has 0 aromatic carbocycles. The molecule has 2 N–H and O–H groups in total. The number of hydrogen-bond donors (Lipinski definition) is 1. The first-order chi connectivity index (χ1) is 5.73. The molecule has 0 spiro atoms. The molecule has 0 radical (unpaired) electrons. The summed E-state index contributed by atoms with van der Waals surface area (Å²) in [4.78, 5) is 12.2. The number of carbonyl (C=O) groups excluding carboxylic acids is 1. The van der Waals surface area contributed by atoms with E-state index in [1.807, 2.05) is 0 Å². The minimum Gasteiger partial charge on any atom is -0.369 e. The Labute approximate surface area is 78.3 Å². The number of carbonyl (C=O) groups is 1. The van der Waals surface area contributed by atoms with Gasteiger partial charge in [0.2, 0.25) is 15.9 Å². The lowest BCUT2D eigenvalue weighted by atomic mass is 10.6. The van der Waals surface area contributed by atoms with Crippen LogP contribution >= 0.6 is 0 Å². The van der Waals surface area contributed by atoms with Gasteiger partial charge in [-0.15, -0.1) is 0 Å².